The molecule has 29 heavy (non-hydrogen) atoms. The highest BCUT2D eigenvalue weighted by atomic mass is 35.5. The van der Waals surface area contributed by atoms with Crippen molar-refractivity contribution in [3.8, 4) is 0 Å². The Morgan fingerprint density at radius 1 is 1.28 bits per heavy atom. The summed E-state index contributed by atoms with van der Waals surface area (Å²) in [6, 6.07) is 9.97. The Hall–Kier alpha value is -2.76. The minimum Gasteiger partial charge on any atom is -0.328 e. The Morgan fingerprint density at radius 3 is 2.72 bits per heavy atom. The molecule has 1 aromatic heterocycles. The molecule has 1 unspecified atom stereocenters. The molecule has 150 valence electrons. The number of amides is 1. The van der Waals surface area contributed by atoms with Crippen molar-refractivity contribution in [3.05, 3.63) is 63.4 Å². The number of hydrogen-bond acceptors (Lipinski definition) is 8. The van der Waals surface area contributed by atoms with Gasteiger partial charge in [-0.3, -0.25) is 14.9 Å². The van der Waals surface area contributed by atoms with Crippen LogP contribution in [0.15, 0.2) is 46.8 Å². The maximum absolute atomic E-state index is 13.7. The van der Waals surface area contributed by atoms with Gasteiger partial charge >= 0.3 is 0 Å². The number of aromatic nitrogens is 2. The fourth-order valence-corrected chi connectivity index (χ4v) is 4.27. The highest BCUT2D eigenvalue weighted by Gasteiger charge is 2.19. The van der Waals surface area contributed by atoms with Crippen LogP contribution in [0.25, 0.3) is 0 Å². The molecule has 3 rings (SSSR count). The molecule has 2 N–H and O–H groups in total. The third-order valence-corrected chi connectivity index (χ3v) is 5.93. The van der Waals surface area contributed by atoms with Crippen LogP contribution in [0.4, 0.5) is 26.6 Å². The van der Waals surface area contributed by atoms with E-state index in [9.17, 15) is 19.3 Å². The Kier molecular flexibility index (Phi) is 6.62. The van der Waals surface area contributed by atoms with Gasteiger partial charge in [-0.1, -0.05) is 46.8 Å². The lowest BCUT2D eigenvalue weighted by Crippen LogP contribution is -2.22. The number of hydrogen-bond donors (Lipinski definition) is 2. The van der Waals surface area contributed by atoms with Crippen molar-refractivity contribution < 1.29 is 14.1 Å². The summed E-state index contributed by atoms with van der Waals surface area (Å²) in [6.07, 6.45) is 0. The first-order valence-electron chi connectivity index (χ1n) is 8.10. The topological polar surface area (TPSA) is 110 Å². The summed E-state index contributed by atoms with van der Waals surface area (Å²) in [6.45, 7) is 1.67. The maximum Gasteiger partial charge on any atom is 0.271 e. The second-order valence-electron chi connectivity index (χ2n) is 5.65. The standard InChI is InChI=1S/C17H13ClFN5O3S2/c1-9(15(25)20-13-7-6-10(24(26)27)8-11(13)18)28-17-23-22-16(29-17)21-14-5-3-2-4-12(14)19/h2-9H,1H3,(H,20,25)(H,21,22). The van der Waals surface area contributed by atoms with E-state index in [2.05, 4.69) is 20.8 Å². The smallest absolute Gasteiger partial charge is 0.271 e. The molecule has 3 aromatic rings. The molecule has 0 radical (unpaired) electrons. The van der Waals surface area contributed by atoms with Crippen molar-refractivity contribution in [2.24, 2.45) is 0 Å². The first-order chi connectivity index (χ1) is 13.8. The summed E-state index contributed by atoms with van der Waals surface area (Å²) < 4.78 is 14.2. The lowest BCUT2D eigenvalue weighted by atomic mass is 10.2. The number of non-ortho nitro benzene ring substituents is 1. The van der Waals surface area contributed by atoms with Gasteiger partial charge < -0.3 is 10.6 Å². The van der Waals surface area contributed by atoms with Crippen LogP contribution < -0.4 is 10.6 Å². The normalized spacial score (nSPS) is 11.7. The minimum atomic E-state index is -0.571. The van der Waals surface area contributed by atoms with Crippen molar-refractivity contribution in [3.63, 3.8) is 0 Å². The van der Waals surface area contributed by atoms with E-state index in [4.69, 9.17) is 11.6 Å². The molecule has 1 atom stereocenters. The Morgan fingerprint density at radius 2 is 2.03 bits per heavy atom. The van der Waals surface area contributed by atoms with Crippen molar-refractivity contribution >= 4 is 62.8 Å². The van der Waals surface area contributed by atoms with Gasteiger partial charge in [-0.2, -0.15) is 0 Å². The molecule has 1 heterocycles. The molecule has 12 heteroatoms. The third kappa shape index (κ3) is 5.40. The monoisotopic (exact) mass is 453 g/mol. The zero-order chi connectivity index (χ0) is 21.0. The molecule has 0 saturated carbocycles. The van der Waals surface area contributed by atoms with Crippen LogP contribution in [-0.4, -0.2) is 26.3 Å². The maximum atomic E-state index is 13.7. The van der Waals surface area contributed by atoms with E-state index >= 15 is 0 Å². The van der Waals surface area contributed by atoms with Crippen molar-refractivity contribution in [2.75, 3.05) is 10.6 Å². The predicted molar refractivity (Wildman–Crippen MR) is 112 cm³/mol. The number of nitrogens with zero attached hydrogens (tertiary/aromatic N) is 3. The quantitative estimate of drug-likeness (QED) is 0.291. The number of anilines is 3. The second kappa shape index (κ2) is 9.16. The van der Waals surface area contributed by atoms with Crippen LogP contribution in [0.1, 0.15) is 6.92 Å². The number of benzene rings is 2. The molecular weight excluding hydrogens is 441 g/mol. The SMILES string of the molecule is CC(Sc1nnc(Nc2ccccc2F)s1)C(=O)Nc1ccc([N+](=O)[O-])cc1Cl. The number of para-hydroxylation sites is 1. The first kappa shape index (κ1) is 21.0. The highest BCUT2D eigenvalue weighted by Crippen LogP contribution is 2.32. The first-order valence-corrected chi connectivity index (χ1v) is 10.2. The molecule has 0 spiro atoms. The zero-order valence-corrected chi connectivity index (χ0v) is 17.1. The van der Waals surface area contributed by atoms with Crippen LogP contribution in [-0.2, 0) is 4.79 Å². The van der Waals surface area contributed by atoms with Crippen molar-refractivity contribution in [2.45, 2.75) is 16.5 Å². The van der Waals surface area contributed by atoms with Gasteiger partial charge in [0, 0.05) is 12.1 Å². The molecule has 0 aliphatic carbocycles. The van der Waals surface area contributed by atoms with Crippen LogP contribution in [0, 0.1) is 15.9 Å². The Balaban J connectivity index is 1.61. The predicted octanol–water partition coefficient (Wildman–Crippen LogP) is 5.10. The van der Waals surface area contributed by atoms with Gasteiger partial charge in [0.1, 0.15) is 5.82 Å². The summed E-state index contributed by atoms with van der Waals surface area (Å²) in [4.78, 5) is 22.6. The molecule has 0 saturated heterocycles. The molecular formula is C17H13ClFN5O3S2. The molecule has 0 aliphatic rings. The van der Waals surface area contributed by atoms with Gasteiger partial charge in [0.05, 0.1) is 26.6 Å². The van der Waals surface area contributed by atoms with E-state index in [0.717, 1.165) is 0 Å². The number of carbonyl (C=O) groups excluding carboxylic acids is 1. The van der Waals surface area contributed by atoms with E-state index in [1.165, 1.54) is 47.4 Å². The number of halogens is 2. The molecule has 8 nitrogen and oxygen atoms in total. The summed E-state index contributed by atoms with van der Waals surface area (Å²) >= 11 is 8.34. The molecule has 1 amide bonds. The van der Waals surface area contributed by atoms with Gasteiger partial charge in [0.2, 0.25) is 11.0 Å². The van der Waals surface area contributed by atoms with Crippen molar-refractivity contribution in [1.82, 2.24) is 10.2 Å². The van der Waals surface area contributed by atoms with Gasteiger partial charge in [0.15, 0.2) is 4.34 Å². The number of nitro benzene ring substituents is 1. The van der Waals surface area contributed by atoms with E-state index in [-0.39, 0.29) is 28.0 Å². The summed E-state index contributed by atoms with van der Waals surface area (Å²) in [5, 5.41) is 24.1. The number of nitro groups is 1. The van der Waals surface area contributed by atoms with E-state index in [1.54, 1.807) is 25.1 Å². The highest BCUT2D eigenvalue weighted by molar-refractivity contribution is 8.02. The molecule has 2 aromatic carbocycles. The number of nitrogens with one attached hydrogen (secondary N) is 2. The minimum absolute atomic E-state index is 0.0667. The lowest BCUT2D eigenvalue weighted by molar-refractivity contribution is -0.384. The zero-order valence-electron chi connectivity index (χ0n) is 14.8. The summed E-state index contributed by atoms with van der Waals surface area (Å²) in [7, 11) is 0. The fraction of sp³-hybridized carbons (Fsp3) is 0.118. The average Bonchev–Trinajstić information content (AvgIpc) is 3.11. The fourth-order valence-electron chi connectivity index (χ4n) is 2.14. The summed E-state index contributed by atoms with van der Waals surface area (Å²) in [5.74, 6) is -0.769. The van der Waals surface area contributed by atoms with Crippen LogP contribution >= 0.6 is 34.7 Å². The van der Waals surface area contributed by atoms with Crippen LogP contribution in [0.2, 0.25) is 5.02 Å². The van der Waals surface area contributed by atoms with Gasteiger partial charge in [-0.15, -0.1) is 10.2 Å². The van der Waals surface area contributed by atoms with Crippen molar-refractivity contribution in [1.29, 1.82) is 0 Å². The van der Waals surface area contributed by atoms with Gasteiger partial charge in [0.25, 0.3) is 5.69 Å². The molecule has 0 aliphatic heterocycles. The van der Waals surface area contributed by atoms with E-state index in [1.807, 2.05) is 0 Å². The molecule has 0 bridgehead atoms. The third-order valence-electron chi connectivity index (χ3n) is 3.59. The second-order valence-corrected chi connectivity index (χ2v) is 8.62. The summed E-state index contributed by atoms with van der Waals surface area (Å²) in [5.41, 5.74) is 0.381. The average molecular weight is 454 g/mol. The van der Waals surface area contributed by atoms with Gasteiger partial charge in [-0.05, 0) is 25.1 Å². The number of carbonyl (C=O) groups is 1. The van der Waals surface area contributed by atoms with Crippen LogP contribution in [0.3, 0.4) is 0 Å². The van der Waals surface area contributed by atoms with E-state index in [0.29, 0.717) is 9.47 Å². The Labute approximate surface area is 177 Å². The van der Waals surface area contributed by atoms with Gasteiger partial charge in [-0.25, -0.2) is 4.39 Å². The number of rotatable bonds is 7. The van der Waals surface area contributed by atoms with E-state index < -0.39 is 16.0 Å². The Bertz CT molecular complexity index is 1070. The molecule has 0 fully saturated rings. The van der Waals surface area contributed by atoms with Crippen LogP contribution in [0.5, 0.6) is 0 Å². The lowest BCUT2D eigenvalue weighted by Gasteiger charge is -2.11. The largest absolute Gasteiger partial charge is 0.328 e. The number of thioether (sulfide) groups is 1.